The lowest BCUT2D eigenvalue weighted by molar-refractivity contribution is 0.511. The van der Waals surface area contributed by atoms with E-state index in [0.29, 0.717) is 5.56 Å². The maximum atomic E-state index is 13.6. The second-order valence-electron chi connectivity index (χ2n) is 4.10. The molecule has 2 aromatic carbocycles. The molecule has 88 valence electrons. The van der Waals surface area contributed by atoms with E-state index in [1.54, 1.807) is 6.07 Å². The van der Waals surface area contributed by atoms with E-state index >= 15 is 0 Å². The summed E-state index contributed by atoms with van der Waals surface area (Å²) in [4.78, 5) is 0. The Morgan fingerprint density at radius 1 is 1.06 bits per heavy atom. The van der Waals surface area contributed by atoms with Crippen LogP contribution in [0.25, 0.3) is 11.1 Å². The van der Waals surface area contributed by atoms with Gasteiger partial charge in [-0.3, -0.25) is 0 Å². The van der Waals surface area contributed by atoms with Crippen LogP contribution in [-0.4, -0.2) is 0 Å². The van der Waals surface area contributed by atoms with Gasteiger partial charge in [0.1, 0.15) is 0 Å². The van der Waals surface area contributed by atoms with Gasteiger partial charge in [-0.25, -0.2) is 8.78 Å². The molecule has 0 saturated carbocycles. The van der Waals surface area contributed by atoms with Crippen LogP contribution >= 0.6 is 0 Å². The van der Waals surface area contributed by atoms with E-state index in [4.69, 9.17) is 0 Å². The van der Waals surface area contributed by atoms with Gasteiger partial charge in [0.15, 0.2) is 11.6 Å². The summed E-state index contributed by atoms with van der Waals surface area (Å²) in [5.41, 5.74) is 3.38. The van der Waals surface area contributed by atoms with Crippen LogP contribution in [0.4, 0.5) is 8.78 Å². The van der Waals surface area contributed by atoms with Gasteiger partial charge in [0, 0.05) is 5.56 Å². The SMILES string of the molecule is CCc1cc(-c2cccc(F)c2F)ccc1C. The Labute approximate surface area is 99.9 Å². The van der Waals surface area contributed by atoms with Crippen LogP contribution in [0.2, 0.25) is 0 Å². The Morgan fingerprint density at radius 2 is 1.82 bits per heavy atom. The molecule has 0 heterocycles. The summed E-state index contributed by atoms with van der Waals surface area (Å²) < 4.78 is 26.8. The largest absolute Gasteiger partial charge is 0.204 e. The maximum Gasteiger partial charge on any atom is 0.166 e. The van der Waals surface area contributed by atoms with Crippen molar-refractivity contribution in [1.29, 1.82) is 0 Å². The van der Waals surface area contributed by atoms with Gasteiger partial charge in [-0.05, 0) is 36.1 Å². The molecule has 0 aromatic heterocycles. The molecule has 0 aliphatic rings. The number of halogens is 2. The molecule has 0 atom stereocenters. The molecule has 0 radical (unpaired) electrons. The Hall–Kier alpha value is -1.70. The first-order valence-corrected chi connectivity index (χ1v) is 5.67. The topological polar surface area (TPSA) is 0 Å². The van der Waals surface area contributed by atoms with Gasteiger partial charge in [-0.15, -0.1) is 0 Å². The standard InChI is InChI=1S/C15H14F2/c1-3-11-9-12(8-7-10(11)2)13-5-4-6-14(16)15(13)17/h4-9H,3H2,1-2H3. The minimum Gasteiger partial charge on any atom is -0.204 e. The van der Waals surface area contributed by atoms with Crippen molar-refractivity contribution in [2.45, 2.75) is 20.3 Å². The molecular weight excluding hydrogens is 218 g/mol. The van der Waals surface area contributed by atoms with E-state index in [0.717, 1.165) is 23.6 Å². The number of aryl methyl sites for hydroxylation is 2. The monoisotopic (exact) mass is 232 g/mol. The molecule has 0 spiro atoms. The summed E-state index contributed by atoms with van der Waals surface area (Å²) in [5, 5.41) is 0. The zero-order valence-electron chi connectivity index (χ0n) is 9.93. The van der Waals surface area contributed by atoms with Crippen molar-refractivity contribution >= 4 is 0 Å². The summed E-state index contributed by atoms with van der Waals surface area (Å²) in [5.74, 6) is -1.58. The van der Waals surface area contributed by atoms with Crippen molar-refractivity contribution in [1.82, 2.24) is 0 Å². The third-order valence-corrected chi connectivity index (χ3v) is 2.99. The molecule has 0 amide bonds. The average Bonchev–Trinajstić information content (AvgIpc) is 2.34. The fourth-order valence-electron chi connectivity index (χ4n) is 1.95. The Kier molecular flexibility index (Phi) is 3.23. The molecule has 0 unspecified atom stereocenters. The van der Waals surface area contributed by atoms with Gasteiger partial charge in [-0.1, -0.05) is 37.3 Å². The summed E-state index contributed by atoms with van der Waals surface area (Å²) in [6, 6.07) is 9.95. The summed E-state index contributed by atoms with van der Waals surface area (Å²) >= 11 is 0. The van der Waals surface area contributed by atoms with Crippen LogP contribution in [0.3, 0.4) is 0 Å². The fourth-order valence-corrected chi connectivity index (χ4v) is 1.95. The third kappa shape index (κ3) is 2.21. The number of hydrogen-bond donors (Lipinski definition) is 0. The van der Waals surface area contributed by atoms with E-state index < -0.39 is 11.6 Å². The first-order chi connectivity index (χ1) is 8.13. The number of benzene rings is 2. The highest BCUT2D eigenvalue weighted by atomic mass is 19.2. The summed E-state index contributed by atoms with van der Waals surface area (Å²) in [6.45, 7) is 4.07. The van der Waals surface area contributed by atoms with E-state index in [-0.39, 0.29) is 0 Å². The molecular formula is C15H14F2. The summed E-state index contributed by atoms with van der Waals surface area (Å²) in [7, 11) is 0. The van der Waals surface area contributed by atoms with Crippen LogP contribution in [0.5, 0.6) is 0 Å². The molecule has 0 aliphatic carbocycles. The van der Waals surface area contributed by atoms with Crippen molar-refractivity contribution in [2.24, 2.45) is 0 Å². The zero-order valence-corrected chi connectivity index (χ0v) is 9.93. The van der Waals surface area contributed by atoms with E-state index in [2.05, 4.69) is 0 Å². The normalized spacial score (nSPS) is 10.6. The van der Waals surface area contributed by atoms with Crippen molar-refractivity contribution < 1.29 is 8.78 Å². The highest BCUT2D eigenvalue weighted by Crippen LogP contribution is 2.26. The highest BCUT2D eigenvalue weighted by molar-refractivity contribution is 5.65. The van der Waals surface area contributed by atoms with Gasteiger partial charge in [0.05, 0.1) is 0 Å². The second kappa shape index (κ2) is 4.66. The minimum absolute atomic E-state index is 0.319. The van der Waals surface area contributed by atoms with Crippen LogP contribution in [0.1, 0.15) is 18.1 Å². The molecule has 0 aliphatic heterocycles. The van der Waals surface area contributed by atoms with Crippen LogP contribution in [-0.2, 0) is 6.42 Å². The molecule has 2 rings (SSSR count). The smallest absolute Gasteiger partial charge is 0.166 e. The predicted molar refractivity (Wildman–Crippen MR) is 65.9 cm³/mol. The van der Waals surface area contributed by atoms with Gasteiger partial charge in [-0.2, -0.15) is 0 Å². The van der Waals surface area contributed by atoms with Crippen molar-refractivity contribution in [3.8, 4) is 11.1 Å². The van der Waals surface area contributed by atoms with Crippen molar-refractivity contribution in [3.63, 3.8) is 0 Å². The van der Waals surface area contributed by atoms with Crippen LogP contribution in [0.15, 0.2) is 36.4 Å². The quantitative estimate of drug-likeness (QED) is 0.715. The summed E-state index contributed by atoms with van der Waals surface area (Å²) in [6.07, 6.45) is 0.886. The fraction of sp³-hybridized carbons (Fsp3) is 0.200. The first-order valence-electron chi connectivity index (χ1n) is 5.67. The lowest BCUT2D eigenvalue weighted by Gasteiger charge is -2.08. The van der Waals surface area contributed by atoms with E-state index in [1.165, 1.54) is 11.6 Å². The molecule has 0 saturated heterocycles. The van der Waals surface area contributed by atoms with Crippen molar-refractivity contribution in [3.05, 3.63) is 59.2 Å². The number of rotatable bonds is 2. The molecule has 0 N–H and O–H groups in total. The molecule has 0 nitrogen and oxygen atoms in total. The number of hydrogen-bond acceptors (Lipinski definition) is 0. The first kappa shape index (κ1) is 11.8. The lowest BCUT2D eigenvalue weighted by Crippen LogP contribution is -1.92. The van der Waals surface area contributed by atoms with Crippen molar-refractivity contribution in [2.75, 3.05) is 0 Å². The predicted octanol–water partition coefficient (Wildman–Crippen LogP) is 4.50. The molecule has 2 heteroatoms. The van der Waals surface area contributed by atoms with E-state index in [1.807, 2.05) is 32.0 Å². The van der Waals surface area contributed by atoms with Crippen LogP contribution in [0, 0.1) is 18.6 Å². The van der Waals surface area contributed by atoms with Gasteiger partial charge in [0.2, 0.25) is 0 Å². The maximum absolute atomic E-state index is 13.6. The third-order valence-electron chi connectivity index (χ3n) is 2.99. The average molecular weight is 232 g/mol. The lowest BCUT2D eigenvalue weighted by atomic mass is 9.98. The zero-order chi connectivity index (χ0) is 12.4. The molecule has 0 bridgehead atoms. The second-order valence-corrected chi connectivity index (χ2v) is 4.10. The molecule has 0 fully saturated rings. The molecule has 2 aromatic rings. The highest BCUT2D eigenvalue weighted by Gasteiger charge is 2.10. The van der Waals surface area contributed by atoms with Gasteiger partial charge < -0.3 is 0 Å². The minimum atomic E-state index is -0.805. The Morgan fingerprint density at radius 3 is 2.53 bits per heavy atom. The van der Waals surface area contributed by atoms with Crippen LogP contribution < -0.4 is 0 Å². The molecule has 17 heavy (non-hydrogen) atoms. The van der Waals surface area contributed by atoms with Gasteiger partial charge >= 0.3 is 0 Å². The van der Waals surface area contributed by atoms with Gasteiger partial charge in [0.25, 0.3) is 0 Å². The Bertz CT molecular complexity index is 545. The Balaban J connectivity index is 2.57. The van der Waals surface area contributed by atoms with E-state index in [9.17, 15) is 8.78 Å².